The molecule has 3 rings (SSSR count). The lowest BCUT2D eigenvalue weighted by Gasteiger charge is -2.24. The molecular weight excluding hydrogens is 377 g/mol. The van der Waals surface area contributed by atoms with Crippen LogP contribution < -0.4 is 30.4 Å². The van der Waals surface area contributed by atoms with Gasteiger partial charge in [-0.25, -0.2) is 9.82 Å². The molecule has 0 radical (unpaired) electrons. The molecule has 3 N–H and O–H groups in total. The molecule has 7 nitrogen and oxygen atoms in total. The molecule has 0 saturated carbocycles. The molecule has 1 amide bonds. The van der Waals surface area contributed by atoms with Crippen molar-refractivity contribution in [2.45, 2.75) is 31.5 Å². The zero-order valence-electron chi connectivity index (χ0n) is 16.9. The second kappa shape index (κ2) is 9.11. The van der Waals surface area contributed by atoms with Gasteiger partial charge < -0.3 is 19.5 Å². The first-order valence-electron chi connectivity index (χ1n) is 9.32. The second-order valence-corrected chi connectivity index (χ2v) is 6.88. The first kappa shape index (κ1) is 20.9. The molecule has 1 aliphatic rings. The minimum Gasteiger partial charge on any atom is -0.493 e. The molecule has 0 bridgehead atoms. The van der Waals surface area contributed by atoms with Crippen molar-refractivity contribution in [3.63, 3.8) is 0 Å². The van der Waals surface area contributed by atoms with Gasteiger partial charge in [0.1, 0.15) is 12.0 Å². The monoisotopic (exact) mass is 403 g/mol. The summed E-state index contributed by atoms with van der Waals surface area (Å²) in [7, 11) is 4.67. The van der Waals surface area contributed by atoms with E-state index in [0.29, 0.717) is 22.8 Å². The summed E-state index contributed by atoms with van der Waals surface area (Å²) in [5.41, 5.74) is 7.51. The fourth-order valence-electron chi connectivity index (χ4n) is 3.63. The van der Waals surface area contributed by atoms with Gasteiger partial charge in [-0.15, -0.1) is 0 Å². The molecule has 156 valence electrons. The summed E-state index contributed by atoms with van der Waals surface area (Å²) in [6.45, 7) is 2.00. The van der Waals surface area contributed by atoms with Crippen molar-refractivity contribution in [2.24, 2.45) is 0 Å². The Labute approximate surface area is 169 Å². The van der Waals surface area contributed by atoms with E-state index in [4.69, 9.17) is 14.2 Å². The van der Waals surface area contributed by atoms with Gasteiger partial charge in [0, 0.05) is 12.0 Å². The topological polar surface area (TPSA) is 80.9 Å². The molecule has 2 aromatic carbocycles. The maximum absolute atomic E-state index is 13.9. The predicted molar refractivity (Wildman–Crippen MR) is 107 cm³/mol. The third-order valence-electron chi connectivity index (χ3n) is 5.06. The lowest BCUT2D eigenvalue weighted by Crippen LogP contribution is -2.46. The molecule has 3 unspecified atom stereocenters. The van der Waals surface area contributed by atoms with Gasteiger partial charge in [-0.2, -0.15) is 0 Å². The van der Waals surface area contributed by atoms with Crippen molar-refractivity contribution in [3.05, 3.63) is 53.3 Å². The molecule has 8 heteroatoms. The number of hydrogen-bond acceptors (Lipinski definition) is 6. The summed E-state index contributed by atoms with van der Waals surface area (Å²) in [4.78, 5) is 12.5. The standard InChI is InChI=1S/C21H26FN3O4/c1-12-19(14-9-16(27-2)20(29-4)17(10-14)28-3)21(25-24-12)23-18(26)11-13-7-5-6-8-15(13)22/h5-10,12,19,21,24-25H,11H2,1-4H3,(H,23,26). The van der Waals surface area contributed by atoms with E-state index in [1.165, 1.54) is 6.07 Å². The minimum atomic E-state index is -0.396. The zero-order valence-corrected chi connectivity index (χ0v) is 16.9. The van der Waals surface area contributed by atoms with E-state index < -0.39 is 12.0 Å². The number of methoxy groups -OCH3 is 3. The number of ether oxygens (including phenoxy) is 3. The van der Waals surface area contributed by atoms with Crippen LogP contribution in [0.5, 0.6) is 17.2 Å². The zero-order chi connectivity index (χ0) is 21.0. The van der Waals surface area contributed by atoms with Crippen LogP contribution in [-0.4, -0.2) is 39.4 Å². The van der Waals surface area contributed by atoms with E-state index in [9.17, 15) is 9.18 Å². The molecule has 3 atom stereocenters. The SMILES string of the molecule is COc1cc(C2C(C)NNC2NC(=O)Cc2ccccc2F)cc(OC)c1OC. The van der Waals surface area contributed by atoms with Crippen LogP contribution in [-0.2, 0) is 11.2 Å². The Bertz CT molecular complexity index is 852. The molecular formula is C21H26FN3O4. The molecule has 1 fully saturated rings. The molecule has 1 heterocycles. The number of amides is 1. The molecule has 0 spiro atoms. The predicted octanol–water partition coefficient (Wildman–Crippen LogP) is 2.12. The van der Waals surface area contributed by atoms with Crippen LogP contribution in [0, 0.1) is 5.82 Å². The Morgan fingerprint density at radius 1 is 1.07 bits per heavy atom. The molecule has 1 saturated heterocycles. The third-order valence-corrected chi connectivity index (χ3v) is 5.06. The maximum atomic E-state index is 13.9. The van der Waals surface area contributed by atoms with Crippen LogP contribution in [0.2, 0.25) is 0 Å². The van der Waals surface area contributed by atoms with Crippen molar-refractivity contribution < 1.29 is 23.4 Å². The van der Waals surface area contributed by atoms with Crippen LogP contribution >= 0.6 is 0 Å². The molecule has 29 heavy (non-hydrogen) atoms. The molecule has 2 aromatic rings. The average molecular weight is 403 g/mol. The second-order valence-electron chi connectivity index (χ2n) is 6.88. The first-order chi connectivity index (χ1) is 14.0. The average Bonchev–Trinajstić information content (AvgIpc) is 3.08. The molecule has 0 aliphatic carbocycles. The van der Waals surface area contributed by atoms with Gasteiger partial charge in [0.15, 0.2) is 11.5 Å². The summed E-state index contributed by atoms with van der Waals surface area (Å²) < 4.78 is 30.1. The Hall–Kier alpha value is -2.84. The number of rotatable bonds is 7. The van der Waals surface area contributed by atoms with Crippen molar-refractivity contribution in [3.8, 4) is 17.2 Å². The van der Waals surface area contributed by atoms with Crippen molar-refractivity contribution >= 4 is 5.91 Å². The quantitative estimate of drug-likeness (QED) is 0.657. The minimum absolute atomic E-state index is 0.0107. The number of hydrogen-bond donors (Lipinski definition) is 3. The normalized spacial score (nSPS) is 20.9. The number of hydrazine groups is 1. The van der Waals surface area contributed by atoms with Gasteiger partial charge in [-0.1, -0.05) is 18.2 Å². The van der Waals surface area contributed by atoms with Crippen molar-refractivity contribution in [1.82, 2.24) is 16.2 Å². The highest BCUT2D eigenvalue weighted by Crippen LogP contribution is 2.41. The van der Waals surface area contributed by atoms with Crippen LogP contribution in [0.3, 0.4) is 0 Å². The van der Waals surface area contributed by atoms with Crippen LogP contribution in [0.4, 0.5) is 4.39 Å². The number of benzene rings is 2. The number of carbonyl (C=O) groups excluding carboxylic acids is 1. The van der Waals surface area contributed by atoms with E-state index in [-0.39, 0.29) is 24.3 Å². The van der Waals surface area contributed by atoms with E-state index in [2.05, 4.69) is 16.2 Å². The Morgan fingerprint density at radius 3 is 2.31 bits per heavy atom. The van der Waals surface area contributed by atoms with Gasteiger partial charge in [-0.3, -0.25) is 10.2 Å². The van der Waals surface area contributed by atoms with E-state index in [1.807, 2.05) is 19.1 Å². The highest BCUT2D eigenvalue weighted by Gasteiger charge is 2.36. The fraction of sp³-hybridized carbons (Fsp3) is 0.381. The highest BCUT2D eigenvalue weighted by atomic mass is 19.1. The lowest BCUT2D eigenvalue weighted by molar-refractivity contribution is -0.121. The van der Waals surface area contributed by atoms with Gasteiger partial charge in [-0.05, 0) is 36.2 Å². The van der Waals surface area contributed by atoms with Crippen LogP contribution in [0.1, 0.15) is 24.0 Å². The van der Waals surface area contributed by atoms with Gasteiger partial charge in [0.25, 0.3) is 0 Å². The third kappa shape index (κ3) is 4.44. The Morgan fingerprint density at radius 2 is 1.72 bits per heavy atom. The van der Waals surface area contributed by atoms with E-state index in [1.54, 1.807) is 39.5 Å². The largest absolute Gasteiger partial charge is 0.493 e. The van der Waals surface area contributed by atoms with E-state index in [0.717, 1.165) is 5.56 Å². The van der Waals surface area contributed by atoms with Gasteiger partial charge in [0.05, 0.1) is 27.8 Å². The lowest BCUT2D eigenvalue weighted by atomic mass is 9.90. The number of carbonyl (C=O) groups is 1. The van der Waals surface area contributed by atoms with Gasteiger partial charge in [0.2, 0.25) is 11.7 Å². The Balaban J connectivity index is 1.83. The van der Waals surface area contributed by atoms with E-state index >= 15 is 0 Å². The van der Waals surface area contributed by atoms with Crippen molar-refractivity contribution in [2.75, 3.05) is 21.3 Å². The van der Waals surface area contributed by atoms with Gasteiger partial charge >= 0.3 is 0 Å². The summed E-state index contributed by atoms with van der Waals surface area (Å²) in [6.07, 6.45) is -0.437. The summed E-state index contributed by atoms with van der Waals surface area (Å²) in [5.74, 6) is 0.796. The fourth-order valence-corrected chi connectivity index (χ4v) is 3.63. The first-order valence-corrected chi connectivity index (χ1v) is 9.32. The smallest absolute Gasteiger partial charge is 0.225 e. The Kier molecular flexibility index (Phi) is 6.56. The summed E-state index contributed by atoms with van der Waals surface area (Å²) in [6, 6.07) is 10.0. The maximum Gasteiger partial charge on any atom is 0.225 e. The summed E-state index contributed by atoms with van der Waals surface area (Å²) in [5, 5.41) is 2.95. The summed E-state index contributed by atoms with van der Waals surface area (Å²) >= 11 is 0. The number of nitrogens with one attached hydrogen (secondary N) is 3. The molecule has 1 aliphatic heterocycles. The number of halogens is 1. The van der Waals surface area contributed by atoms with Crippen LogP contribution in [0.15, 0.2) is 36.4 Å². The van der Waals surface area contributed by atoms with Crippen LogP contribution in [0.25, 0.3) is 0 Å². The molecule has 0 aromatic heterocycles. The highest BCUT2D eigenvalue weighted by molar-refractivity contribution is 5.79. The van der Waals surface area contributed by atoms with Crippen molar-refractivity contribution in [1.29, 1.82) is 0 Å².